The van der Waals surface area contributed by atoms with Crippen molar-refractivity contribution in [3.8, 4) is 5.75 Å². The van der Waals surface area contributed by atoms with Crippen LogP contribution in [0, 0.1) is 0 Å². The minimum atomic E-state index is -0.0181. The van der Waals surface area contributed by atoms with Gasteiger partial charge in [0.1, 0.15) is 5.75 Å². The van der Waals surface area contributed by atoms with E-state index in [-0.39, 0.29) is 24.4 Å². The number of nitrogens with zero attached hydrogens (tertiary/aromatic N) is 2. The molecular weight excluding hydrogens is 405 g/mol. The van der Waals surface area contributed by atoms with E-state index in [1.54, 1.807) is 43.1 Å². The Labute approximate surface area is 174 Å². The van der Waals surface area contributed by atoms with Gasteiger partial charge >= 0.3 is 0 Å². The molecule has 1 saturated heterocycles. The minimum Gasteiger partial charge on any atom is -0.497 e. The third kappa shape index (κ3) is 5.79. The van der Waals surface area contributed by atoms with Crippen LogP contribution < -0.4 is 10.1 Å². The maximum atomic E-state index is 12.3. The molecule has 1 N–H and O–H groups in total. The van der Waals surface area contributed by atoms with E-state index in [1.165, 1.54) is 0 Å². The molecule has 0 spiro atoms. The summed E-state index contributed by atoms with van der Waals surface area (Å²) in [5.74, 6) is 1.62. The van der Waals surface area contributed by atoms with Gasteiger partial charge in [-0.25, -0.2) is 4.99 Å². The van der Waals surface area contributed by atoms with Gasteiger partial charge in [0.25, 0.3) is 0 Å². The number of ether oxygens (including phenoxy) is 1. The van der Waals surface area contributed by atoms with Gasteiger partial charge in [0, 0.05) is 36.0 Å². The van der Waals surface area contributed by atoms with Crippen LogP contribution in [0.3, 0.4) is 0 Å². The Bertz CT molecular complexity index is 798. The highest BCUT2D eigenvalue weighted by Gasteiger charge is 2.29. The zero-order chi connectivity index (χ0) is 18.5. The summed E-state index contributed by atoms with van der Waals surface area (Å²) in [6.07, 6.45) is 0.410. The summed E-state index contributed by atoms with van der Waals surface area (Å²) in [6.45, 7) is 0. The number of aliphatic imine (C=N–C) groups is 1. The number of anilines is 1. The maximum Gasteiger partial charge on any atom is 0.226 e. The summed E-state index contributed by atoms with van der Waals surface area (Å²) in [7, 11) is 3.61. The molecular formula is C19H21Cl2N3O2S. The molecule has 144 valence electrons. The van der Waals surface area contributed by atoms with Crippen LogP contribution in [-0.4, -0.2) is 41.9 Å². The van der Waals surface area contributed by atoms with Crippen LogP contribution in [0.25, 0.3) is 0 Å². The quantitative estimate of drug-likeness (QED) is 0.744. The molecule has 0 aromatic heterocycles. The molecule has 27 heavy (non-hydrogen) atoms. The Kier molecular flexibility index (Phi) is 7.83. The van der Waals surface area contributed by atoms with E-state index >= 15 is 0 Å². The number of hydrogen-bond donors (Lipinski definition) is 1. The maximum absolute atomic E-state index is 12.3. The van der Waals surface area contributed by atoms with E-state index in [4.69, 9.17) is 16.3 Å². The normalized spacial score (nSPS) is 17.5. The summed E-state index contributed by atoms with van der Waals surface area (Å²) in [5.41, 5.74) is 1.62. The largest absolute Gasteiger partial charge is 0.497 e. The average Bonchev–Trinajstić information content (AvgIpc) is 2.97. The smallest absolute Gasteiger partial charge is 0.226 e. The molecule has 2 aromatic rings. The van der Waals surface area contributed by atoms with E-state index in [9.17, 15) is 4.79 Å². The van der Waals surface area contributed by atoms with E-state index < -0.39 is 0 Å². The molecule has 1 atom stereocenters. The van der Waals surface area contributed by atoms with Gasteiger partial charge in [-0.05, 0) is 48.5 Å². The van der Waals surface area contributed by atoms with Gasteiger partial charge in [0.2, 0.25) is 5.91 Å². The molecule has 1 amide bonds. The fourth-order valence-corrected chi connectivity index (χ4v) is 3.91. The number of methoxy groups -OCH3 is 1. The molecule has 8 heteroatoms. The van der Waals surface area contributed by atoms with Gasteiger partial charge in [-0.15, -0.1) is 12.4 Å². The molecule has 2 aromatic carbocycles. The first kappa shape index (κ1) is 21.4. The Morgan fingerprint density at radius 1 is 1.26 bits per heavy atom. The molecule has 0 aliphatic carbocycles. The minimum absolute atomic E-state index is 0. The Morgan fingerprint density at radius 2 is 1.93 bits per heavy atom. The second-order valence-corrected chi connectivity index (χ2v) is 7.35. The predicted octanol–water partition coefficient (Wildman–Crippen LogP) is 4.83. The van der Waals surface area contributed by atoms with Gasteiger partial charge in [-0.1, -0.05) is 23.4 Å². The molecule has 1 heterocycles. The molecule has 1 fully saturated rings. The molecule has 1 aliphatic heterocycles. The number of amidine groups is 1. The fourth-order valence-electron chi connectivity index (χ4n) is 2.57. The standard InChI is InChI=1S/C19H20ClN3O2S.ClH/c1-23-16(11-18(24)21-14-5-3-13(20)4-6-14)12-26-19(23)22-15-7-9-17(25-2)10-8-15;/h3-10,16H,11-12H2,1-2H3,(H,21,24);1H/b22-19-;. The SMILES string of the molecule is COc1ccc(/N=C2\SCC(CC(=O)Nc3ccc(Cl)cc3)N2C)cc1.Cl. The molecule has 0 radical (unpaired) electrons. The summed E-state index contributed by atoms with van der Waals surface area (Å²) >= 11 is 7.52. The van der Waals surface area contributed by atoms with Gasteiger partial charge in [0.05, 0.1) is 12.8 Å². The topological polar surface area (TPSA) is 53.9 Å². The molecule has 3 rings (SSSR count). The molecule has 1 aliphatic rings. The number of carbonyl (C=O) groups is 1. The molecule has 1 unspecified atom stereocenters. The molecule has 0 saturated carbocycles. The summed E-state index contributed by atoms with van der Waals surface area (Å²) < 4.78 is 5.16. The van der Waals surface area contributed by atoms with Crippen LogP contribution in [0.1, 0.15) is 6.42 Å². The summed E-state index contributed by atoms with van der Waals surface area (Å²) in [6, 6.07) is 14.8. The fraction of sp³-hybridized carbons (Fsp3) is 0.263. The van der Waals surface area contributed by atoms with E-state index in [1.807, 2.05) is 31.3 Å². The van der Waals surface area contributed by atoms with Gasteiger partial charge in [0.15, 0.2) is 5.17 Å². The number of carbonyl (C=O) groups excluding carboxylic acids is 1. The Balaban J connectivity index is 0.00000261. The van der Waals surface area contributed by atoms with E-state index in [0.29, 0.717) is 11.4 Å². The second-order valence-electron chi connectivity index (χ2n) is 5.93. The highest BCUT2D eigenvalue weighted by Crippen LogP contribution is 2.28. The number of benzene rings is 2. The lowest BCUT2D eigenvalue weighted by Gasteiger charge is -2.20. The number of halogens is 2. The van der Waals surface area contributed by atoms with Crippen molar-refractivity contribution in [3.05, 3.63) is 53.6 Å². The lowest BCUT2D eigenvalue weighted by molar-refractivity contribution is -0.116. The number of rotatable bonds is 5. The first-order chi connectivity index (χ1) is 12.5. The number of hydrogen-bond acceptors (Lipinski definition) is 4. The van der Waals surface area contributed by atoms with Gasteiger partial charge < -0.3 is 15.0 Å². The van der Waals surface area contributed by atoms with Crippen LogP contribution in [0.2, 0.25) is 5.02 Å². The summed E-state index contributed by atoms with van der Waals surface area (Å²) in [4.78, 5) is 19.0. The van der Waals surface area contributed by atoms with Crippen molar-refractivity contribution in [2.24, 2.45) is 4.99 Å². The van der Waals surface area contributed by atoms with Gasteiger partial charge in [-0.2, -0.15) is 0 Å². The monoisotopic (exact) mass is 425 g/mol. The molecule has 5 nitrogen and oxygen atoms in total. The van der Waals surface area contributed by atoms with Crippen LogP contribution in [0.5, 0.6) is 5.75 Å². The van der Waals surface area contributed by atoms with Crippen molar-refractivity contribution in [2.75, 3.05) is 25.2 Å². The van der Waals surface area contributed by atoms with Crippen molar-refractivity contribution in [1.29, 1.82) is 0 Å². The third-order valence-electron chi connectivity index (χ3n) is 4.10. The first-order valence-corrected chi connectivity index (χ1v) is 9.55. The zero-order valence-electron chi connectivity index (χ0n) is 15.0. The van der Waals surface area contributed by atoms with Crippen molar-refractivity contribution in [3.63, 3.8) is 0 Å². The van der Waals surface area contributed by atoms with Gasteiger partial charge in [-0.3, -0.25) is 4.79 Å². The highest BCUT2D eigenvalue weighted by atomic mass is 35.5. The third-order valence-corrected chi connectivity index (χ3v) is 5.54. The first-order valence-electron chi connectivity index (χ1n) is 8.19. The lowest BCUT2D eigenvalue weighted by atomic mass is 10.2. The van der Waals surface area contributed by atoms with Crippen molar-refractivity contribution < 1.29 is 9.53 Å². The van der Waals surface area contributed by atoms with Crippen LogP contribution in [0.15, 0.2) is 53.5 Å². The number of nitrogens with one attached hydrogen (secondary N) is 1. The lowest BCUT2D eigenvalue weighted by Crippen LogP contribution is -2.33. The Morgan fingerprint density at radius 3 is 2.56 bits per heavy atom. The Hall–Kier alpha value is -1.89. The van der Waals surface area contributed by atoms with Crippen molar-refractivity contribution in [1.82, 2.24) is 4.90 Å². The van der Waals surface area contributed by atoms with Crippen LogP contribution in [0.4, 0.5) is 11.4 Å². The molecule has 0 bridgehead atoms. The second kappa shape index (κ2) is 9.88. The summed E-state index contributed by atoms with van der Waals surface area (Å²) in [5, 5.41) is 4.47. The van der Waals surface area contributed by atoms with Crippen molar-refractivity contribution in [2.45, 2.75) is 12.5 Å². The van der Waals surface area contributed by atoms with E-state index in [0.717, 1.165) is 28.0 Å². The number of amides is 1. The van der Waals surface area contributed by atoms with Crippen molar-refractivity contribution >= 4 is 58.2 Å². The number of thioether (sulfide) groups is 1. The van der Waals surface area contributed by atoms with E-state index in [2.05, 4.69) is 15.2 Å². The zero-order valence-corrected chi connectivity index (χ0v) is 17.4. The van der Waals surface area contributed by atoms with Crippen LogP contribution >= 0.6 is 35.8 Å². The average molecular weight is 426 g/mol. The predicted molar refractivity (Wildman–Crippen MR) is 116 cm³/mol. The van der Waals surface area contributed by atoms with Crippen LogP contribution in [-0.2, 0) is 4.79 Å². The highest BCUT2D eigenvalue weighted by molar-refractivity contribution is 8.14.